The van der Waals surface area contributed by atoms with Crippen molar-refractivity contribution in [1.82, 2.24) is 5.16 Å². The second-order valence-corrected chi connectivity index (χ2v) is 9.49. The molecule has 4 aromatic rings. The summed E-state index contributed by atoms with van der Waals surface area (Å²) in [5, 5.41) is 4.82. The highest BCUT2D eigenvalue weighted by Gasteiger charge is 2.27. The fourth-order valence-corrected chi connectivity index (χ4v) is 4.93. The van der Waals surface area contributed by atoms with Crippen molar-refractivity contribution in [1.29, 1.82) is 0 Å². The number of rotatable bonds is 7. The van der Waals surface area contributed by atoms with Crippen LogP contribution in [0.3, 0.4) is 0 Å². The predicted octanol–water partition coefficient (Wildman–Crippen LogP) is 6.79. The van der Waals surface area contributed by atoms with E-state index >= 15 is 0 Å². The van der Waals surface area contributed by atoms with Crippen LogP contribution in [0.25, 0.3) is 28.2 Å². The average molecular weight is 495 g/mol. The van der Waals surface area contributed by atoms with Crippen molar-refractivity contribution in [2.24, 2.45) is 5.92 Å². The SMILES string of the molecule is COC(=O)C=Cc1cccc(N(Cc2ccc(-c3ccc4oncc4c3)cc2)C(=O)C2CCCCC2)c1. The number of methoxy groups -OCH3 is 1. The van der Waals surface area contributed by atoms with E-state index in [1.807, 2.05) is 41.3 Å². The van der Waals surface area contributed by atoms with E-state index in [4.69, 9.17) is 9.26 Å². The third kappa shape index (κ3) is 5.80. The van der Waals surface area contributed by atoms with Gasteiger partial charge in [0.2, 0.25) is 5.91 Å². The van der Waals surface area contributed by atoms with Crippen LogP contribution < -0.4 is 4.90 Å². The predicted molar refractivity (Wildman–Crippen MR) is 145 cm³/mol. The molecule has 1 amide bonds. The molecule has 6 nitrogen and oxygen atoms in total. The highest BCUT2D eigenvalue weighted by atomic mass is 16.5. The molecule has 1 heterocycles. The van der Waals surface area contributed by atoms with E-state index < -0.39 is 5.97 Å². The molecule has 1 aromatic heterocycles. The van der Waals surface area contributed by atoms with Crippen molar-refractivity contribution < 1.29 is 18.8 Å². The minimum atomic E-state index is -0.413. The first-order chi connectivity index (χ1) is 18.1. The number of benzene rings is 3. The van der Waals surface area contributed by atoms with Crippen molar-refractivity contribution in [3.05, 3.63) is 90.1 Å². The molecule has 1 aliphatic carbocycles. The summed E-state index contributed by atoms with van der Waals surface area (Å²) >= 11 is 0. The van der Waals surface area contributed by atoms with Crippen LogP contribution in [0.15, 0.2) is 83.5 Å². The first-order valence-electron chi connectivity index (χ1n) is 12.7. The maximum Gasteiger partial charge on any atom is 0.330 e. The van der Waals surface area contributed by atoms with Gasteiger partial charge in [-0.05, 0) is 65.4 Å². The van der Waals surface area contributed by atoms with E-state index in [0.717, 1.165) is 64.6 Å². The molecular formula is C31H30N2O4. The first-order valence-corrected chi connectivity index (χ1v) is 12.7. The number of carbonyl (C=O) groups is 2. The Bertz CT molecular complexity index is 1410. The van der Waals surface area contributed by atoms with Gasteiger partial charge in [0.25, 0.3) is 0 Å². The van der Waals surface area contributed by atoms with Crippen molar-refractivity contribution in [3.63, 3.8) is 0 Å². The molecule has 0 radical (unpaired) electrons. The van der Waals surface area contributed by atoms with Crippen LogP contribution in [-0.2, 0) is 20.9 Å². The monoisotopic (exact) mass is 494 g/mol. The second kappa shape index (κ2) is 11.2. The molecule has 188 valence electrons. The summed E-state index contributed by atoms with van der Waals surface area (Å²) in [4.78, 5) is 27.2. The minimum absolute atomic E-state index is 0.0394. The molecular weight excluding hydrogens is 464 g/mol. The Labute approximate surface area is 216 Å². The third-order valence-corrected chi connectivity index (χ3v) is 7.00. The van der Waals surface area contributed by atoms with Crippen molar-refractivity contribution in [2.45, 2.75) is 38.6 Å². The topological polar surface area (TPSA) is 72.6 Å². The quantitative estimate of drug-likeness (QED) is 0.209. The van der Waals surface area contributed by atoms with Gasteiger partial charge >= 0.3 is 5.97 Å². The molecule has 0 aliphatic heterocycles. The van der Waals surface area contributed by atoms with E-state index in [2.05, 4.69) is 35.5 Å². The Hall–Kier alpha value is -4.19. The smallest absolute Gasteiger partial charge is 0.330 e. The lowest BCUT2D eigenvalue weighted by Gasteiger charge is -2.30. The Kier molecular flexibility index (Phi) is 7.45. The Morgan fingerprint density at radius 1 is 1.00 bits per heavy atom. The van der Waals surface area contributed by atoms with E-state index in [1.165, 1.54) is 19.6 Å². The van der Waals surface area contributed by atoms with Gasteiger partial charge in [-0.15, -0.1) is 0 Å². The standard InChI is InChI=1S/C31H30N2O4/c1-36-30(34)17-12-22-6-5-9-28(18-22)33(31(35)25-7-3-2-4-8-25)21-23-10-13-24(14-11-23)26-15-16-29-27(19-26)20-32-37-29/h5-6,9-20,25H,2-4,7-8,21H2,1H3. The number of nitrogens with zero attached hydrogens (tertiary/aromatic N) is 2. The zero-order valence-corrected chi connectivity index (χ0v) is 20.9. The number of esters is 1. The third-order valence-electron chi connectivity index (χ3n) is 7.00. The van der Waals surface area contributed by atoms with Gasteiger partial charge in [0.15, 0.2) is 5.58 Å². The molecule has 3 aromatic carbocycles. The molecule has 1 aliphatic rings. The number of carbonyl (C=O) groups excluding carboxylic acids is 2. The summed E-state index contributed by atoms with van der Waals surface area (Å²) in [7, 11) is 1.35. The molecule has 0 N–H and O–H groups in total. The minimum Gasteiger partial charge on any atom is -0.466 e. The largest absolute Gasteiger partial charge is 0.466 e. The molecule has 0 atom stereocenters. The zero-order chi connectivity index (χ0) is 25.6. The summed E-state index contributed by atoms with van der Waals surface area (Å²) in [6.45, 7) is 0.477. The van der Waals surface area contributed by atoms with Crippen LogP contribution in [0, 0.1) is 5.92 Å². The highest BCUT2D eigenvalue weighted by Crippen LogP contribution is 2.30. The number of hydrogen-bond acceptors (Lipinski definition) is 5. The molecule has 0 saturated heterocycles. The molecule has 1 saturated carbocycles. The van der Waals surface area contributed by atoms with E-state index in [1.54, 1.807) is 12.3 Å². The lowest BCUT2D eigenvalue weighted by molar-refractivity contribution is -0.134. The van der Waals surface area contributed by atoms with Crippen LogP contribution in [0.2, 0.25) is 0 Å². The van der Waals surface area contributed by atoms with Crippen molar-refractivity contribution in [2.75, 3.05) is 12.0 Å². The molecule has 37 heavy (non-hydrogen) atoms. The maximum absolute atomic E-state index is 13.7. The molecule has 0 bridgehead atoms. The Morgan fingerprint density at radius 2 is 1.78 bits per heavy atom. The highest BCUT2D eigenvalue weighted by molar-refractivity contribution is 5.95. The summed E-state index contributed by atoms with van der Waals surface area (Å²) in [6.07, 6.45) is 10.1. The van der Waals surface area contributed by atoms with Gasteiger partial charge < -0.3 is 14.2 Å². The fourth-order valence-electron chi connectivity index (χ4n) is 4.93. The average Bonchev–Trinajstić information content (AvgIpc) is 3.43. The van der Waals surface area contributed by atoms with Crippen LogP contribution in [0.4, 0.5) is 5.69 Å². The molecule has 1 fully saturated rings. The van der Waals surface area contributed by atoms with Gasteiger partial charge in [-0.2, -0.15) is 0 Å². The van der Waals surface area contributed by atoms with E-state index in [0.29, 0.717) is 6.54 Å². The second-order valence-electron chi connectivity index (χ2n) is 9.49. The number of hydrogen-bond donors (Lipinski definition) is 0. The van der Waals surface area contributed by atoms with Gasteiger partial charge in [0, 0.05) is 23.1 Å². The fraction of sp³-hybridized carbons (Fsp3) is 0.258. The zero-order valence-electron chi connectivity index (χ0n) is 20.9. The number of anilines is 1. The maximum atomic E-state index is 13.7. The van der Waals surface area contributed by atoms with Gasteiger partial charge in [-0.3, -0.25) is 4.79 Å². The van der Waals surface area contributed by atoms with Crippen LogP contribution in [0.5, 0.6) is 0 Å². The van der Waals surface area contributed by atoms with Crippen LogP contribution >= 0.6 is 0 Å². The lowest BCUT2D eigenvalue weighted by Crippen LogP contribution is -2.36. The number of ether oxygens (including phenoxy) is 1. The van der Waals surface area contributed by atoms with Gasteiger partial charge in [0.1, 0.15) is 0 Å². The molecule has 0 unspecified atom stereocenters. The van der Waals surface area contributed by atoms with Crippen molar-refractivity contribution in [3.8, 4) is 11.1 Å². The molecule has 0 spiro atoms. The van der Waals surface area contributed by atoms with Crippen LogP contribution in [0.1, 0.15) is 43.2 Å². The van der Waals surface area contributed by atoms with E-state index in [-0.39, 0.29) is 11.8 Å². The van der Waals surface area contributed by atoms with Crippen LogP contribution in [-0.4, -0.2) is 24.1 Å². The number of fused-ring (bicyclic) bond motifs is 1. The summed E-state index contributed by atoms with van der Waals surface area (Å²) in [5.74, 6) is -0.211. The first kappa shape index (κ1) is 24.5. The van der Waals surface area contributed by atoms with Gasteiger partial charge in [-0.25, -0.2) is 4.79 Å². The Balaban J connectivity index is 1.41. The van der Waals surface area contributed by atoms with E-state index in [9.17, 15) is 9.59 Å². The van der Waals surface area contributed by atoms with Crippen molar-refractivity contribution >= 4 is 34.6 Å². The number of amides is 1. The molecule has 5 rings (SSSR count). The van der Waals surface area contributed by atoms with Gasteiger partial charge in [-0.1, -0.05) is 66.9 Å². The summed E-state index contributed by atoms with van der Waals surface area (Å²) < 4.78 is 9.92. The number of aromatic nitrogens is 1. The summed E-state index contributed by atoms with van der Waals surface area (Å²) in [5.41, 5.74) is 5.65. The molecule has 6 heteroatoms. The van der Waals surface area contributed by atoms with Gasteiger partial charge in [0.05, 0.1) is 19.9 Å². The Morgan fingerprint density at radius 3 is 2.57 bits per heavy atom. The summed E-state index contributed by atoms with van der Waals surface area (Å²) in [6, 6.07) is 22.1. The lowest BCUT2D eigenvalue weighted by atomic mass is 9.88. The normalized spacial score (nSPS) is 14.2.